The average Bonchev–Trinajstić information content (AvgIpc) is 3.04. The predicted molar refractivity (Wildman–Crippen MR) is 118 cm³/mol. The standard InChI is InChI=1S/C23H21FN4OS/c1-15-9-16(2)11-18(10-15)26-22(29)13-28-21-12-25-8-7-20(21)27-23(28)30-14-17-5-3-4-6-19(17)24/h3-12H,13-14H2,1-2H3,(H,26,29). The molecule has 2 heterocycles. The lowest BCUT2D eigenvalue weighted by Gasteiger charge is -2.11. The Morgan fingerprint density at radius 3 is 2.67 bits per heavy atom. The Morgan fingerprint density at radius 2 is 1.90 bits per heavy atom. The zero-order chi connectivity index (χ0) is 21.1. The van der Waals surface area contributed by atoms with Gasteiger partial charge in [0.15, 0.2) is 5.16 Å². The van der Waals surface area contributed by atoms with Gasteiger partial charge < -0.3 is 9.88 Å². The van der Waals surface area contributed by atoms with Crippen LogP contribution >= 0.6 is 11.8 Å². The number of pyridine rings is 1. The largest absolute Gasteiger partial charge is 0.325 e. The fourth-order valence-electron chi connectivity index (χ4n) is 3.36. The lowest BCUT2D eigenvalue weighted by atomic mass is 10.1. The van der Waals surface area contributed by atoms with E-state index < -0.39 is 0 Å². The summed E-state index contributed by atoms with van der Waals surface area (Å²) >= 11 is 1.40. The highest BCUT2D eigenvalue weighted by molar-refractivity contribution is 7.98. The van der Waals surface area contributed by atoms with Crippen molar-refractivity contribution in [2.75, 3.05) is 5.32 Å². The van der Waals surface area contributed by atoms with Crippen LogP contribution in [0.5, 0.6) is 0 Å². The Kier molecular flexibility index (Phi) is 5.81. The van der Waals surface area contributed by atoms with E-state index in [9.17, 15) is 9.18 Å². The number of aromatic nitrogens is 3. The molecule has 0 saturated carbocycles. The van der Waals surface area contributed by atoms with E-state index in [4.69, 9.17) is 0 Å². The number of fused-ring (bicyclic) bond motifs is 1. The number of rotatable bonds is 6. The summed E-state index contributed by atoms with van der Waals surface area (Å²) in [5.41, 5.74) is 5.05. The molecule has 0 bridgehead atoms. The van der Waals surface area contributed by atoms with Gasteiger partial charge in [0.2, 0.25) is 5.91 Å². The van der Waals surface area contributed by atoms with Gasteiger partial charge in [0.25, 0.3) is 0 Å². The zero-order valence-corrected chi connectivity index (χ0v) is 17.5. The van der Waals surface area contributed by atoms with Gasteiger partial charge in [0.1, 0.15) is 12.4 Å². The molecule has 4 aromatic rings. The van der Waals surface area contributed by atoms with Gasteiger partial charge in [-0.15, -0.1) is 0 Å². The third kappa shape index (κ3) is 4.52. The van der Waals surface area contributed by atoms with Gasteiger partial charge in [0.05, 0.1) is 17.2 Å². The highest BCUT2D eigenvalue weighted by atomic mass is 32.2. The number of benzene rings is 2. The van der Waals surface area contributed by atoms with Crippen LogP contribution in [-0.4, -0.2) is 20.4 Å². The van der Waals surface area contributed by atoms with Crippen LogP contribution in [0.2, 0.25) is 0 Å². The number of imidazole rings is 1. The summed E-state index contributed by atoms with van der Waals surface area (Å²) in [6, 6.07) is 14.4. The molecule has 1 N–H and O–H groups in total. The van der Waals surface area contributed by atoms with E-state index in [2.05, 4.69) is 21.4 Å². The number of carbonyl (C=O) groups is 1. The van der Waals surface area contributed by atoms with E-state index in [-0.39, 0.29) is 18.3 Å². The van der Waals surface area contributed by atoms with Crippen molar-refractivity contribution in [2.45, 2.75) is 31.3 Å². The van der Waals surface area contributed by atoms with Crippen molar-refractivity contribution in [1.29, 1.82) is 0 Å². The predicted octanol–water partition coefficient (Wildman–Crippen LogP) is 5.12. The van der Waals surface area contributed by atoms with Crippen molar-refractivity contribution in [1.82, 2.24) is 14.5 Å². The molecule has 0 fully saturated rings. The van der Waals surface area contributed by atoms with Gasteiger partial charge in [-0.05, 0) is 54.8 Å². The highest BCUT2D eigenvalue weighted by Gasteiger charge is 2.15. The van der Waals surface area contributed by atoms with E-state index >= 15 is 0 Å². The summed E-state index contributed by atoms with van der Waals surface area (Å²) in [6.07, 6.45) is 3.36. The molecule has 152 valence electrons. The maximum absolute atomic E-state index is 14.0. The second kappa shape index (κ2) is 8.67. The molecule has 5 nitrogen and oxygen atoms in total. The lowest BCUT2D eigenvalue weighted by molar-refractivity contribution is -0.116. The number of amides is 1. The van der Waals surface area contributed by atoms with E-state index in [0.29, 0.717) is 16.5 Å². The maximum Gasteiger partial charge on any atom is 0.244 e. The molecule has 0 aliphatic carbocycles. The molecular weight excluding hydrogens is 399 g/mol. The Bertz CT molecular complexity index is 1200. The number of nitrogens with zero attached hydrogens (tertiary/aromatic N) is 3. The minimum Gasteiger partial charge on any atom is -0.325 e. The quantitative estimate of drug-likeness (QED) is 0.440. The smallest absolute Gasteiger partial charge is 0.244 e. The van der Waals surface area contributed by atoms with Crippen LogP contribution in [0.25, 0.3) is 11.0 Å². The second-order valence-corrected chi connectivity index (χ2v) is 8.09. The molecule has 7 heteroatoms. The van der Waals surface area contributed by atoms with E-state index in [1.165, 1.54) is 17.8 Å². The van der Waals surface area contributed by atoms with E-state index in [1.807, 2.05) is 36.6 Å². The molecule has 30 heavy (non-hydrogen) atoms. The topological polar surface area (TPSA) is 59.8 Å². The molecule has 1 amide bonds. The van der Waals surface area contributed by atoms with Crippen molar-refractivity contribution in [2.24, 2.45) is 0 Å². The molecule has 2 aromatic heterocycles. The lowest BCUT2D eigenvalue weighted by Crippen LogP contribution is -2.19. The van der Waals surface area contributed by atoms with Crippen LogP contribution in [0.4, 0.5) is 10.1 Å². The Hall–Kier alpha value is -3.19. The fraction of sp³-hybridized carbons (Fsp3) is 0.174. The van der Waals surface area contributed by atoms with E-state index in [1.54, 1.807) is 30.6 Å². The van der Waals surface area contributed by atoms with Gasteiger partial charge >= 0.3 is 0 Å². The first-order chi connectivity index (χ1) is 14.5. The minimum atomic E-state index is -0.248. The monoisotopic (exact) mass is 420 g/mol. The molecule has 4 rings (SSSR count). The first-order valence-electron chi connectivity index (χ1n) is 9.54. The average molecular weight is 421 g/mol. The molecule has 0 spiro atoms. The molecule has 0 aliphatic rings. The van der Waals surface area contributed by atoms with Crippen LogP contribution in [0.3, 0.4) is 0 Å². The summed E-state index contributed by atoms with van der Waals surface area (Å²) in [7, 11) is 0. The highest BCUT2D eigenvalue weighted by Crippen LogP contribution is 2.27. The third-order valence-electron chi connectivity index (χ3n) is 4.64. The van der Waals surface area contributed by atoms with Crippen LogP contribution in [0, 0.1) is 19.7 Å². The first kappa shape index (κ1) is 20.1. The number of hydrogen-bond donors (Lipinski definition) is 1. The molecule has 2 aromatic carbocycles. The first-order valence-corrected chi connectivity index (χ1v) is 10.5. The molecule has 0 aliphatic heterocycles. The summed E-state index contributed by atoms with van der Waals surface area (Å²) in [5, 5.41) is 3.61. The number of hydrogen-bond acceptors (Lipinski definition) is 4. The normalized spacial score (nSPS) is 11.0. The van der Waals surface area contributed by atoms with Crippen molar-refractivity contribution in [3.8, 4) is 0 Å². The molecular formula is C23H21FN4OS. The SMILES string of the molecule is Cc1cc(C)cc(NC(=O)Cn2c(SCc3ccccc3F)nc3ccncc32)c1. The summed E-state index contributed by atoms with van der Waals surface area (Å²) in [4.78, 5) is 21.6. The summed E-state index contributed by atoms with van der Waals surface area (Å²) < 4.78 is 15.8. The fourth-order valence-corrected chi connectivity index (χ4v) is 4.36. The van der Waals surface area contributed by atoms with Crippen LogP contribution < -0.4 is 5.32 Å². The van der Waals surface area contributed by atoms with Crippen LogP contribution in [0.15, 0.2) is 66.1 Å². The molecule has 0 radical (unpaired) electrons. The Balaban J connectivity index is 1.58. The van der Waals surface area contributed by atoms with Gasteiger partial charge in [-0.25, -0.2) is 9.37 Å². The second-order valence-electron chi connectivity index (χ2n) is 7.15. The van der Waals surface area contributed by atoms with Gasteiger partial charge in [-0.1, -0.05) is 36.0 Å². The molecule has 0 saturated heterocycles. The van der Waals surface area contributed by atoms with Crippen molar-refractivity contribution >= 4 is 34.4 Å². The summed E-state index contributed by atoms with van der Waals surface area (Å²) in [5.74, 6) is 0.0139. The van der Waals surface area contributed by atoms with Gasteiger partial charge in [0, 0.05) is 17.6 Å². The molecule has 0 atom stereocenters. The number of aryl methyl sites for hydroxylation is 2. The van der Waals surface area contributed by atoms with Gasteiger partial charge in [-0.3, -0.25) is 9.78 Å². The zero-order valence-electron chi connectivity index (χ0n) is 16.7. The number of thioether (sulfide) groups is 1. The van der Waals surface area contributed by atoms with Crippen molar-refractivity contribution in [3.63, 3.8) is 0 Å². The third-order valence-corrected chi connectivity index (χ3v) is 5.66. The number of halogens is 1. The number of anilines is 1. The number of carbonyl (C=O) groups excluding carboxylic acids is 1. The van der Waals surface area contributed by atoms with Crippen LogP contribution in [-0.2, 0) is 17.1 Å². The Morgan fingerprint density at radius 1 is 1.13 bits per heavy atom. The van der Waals surface area contributed by atoms with Crippen molar-refractivity contribution in [3.05, 3.63) is 83.4 Å². The van der Waals surface area contributed by atoms with E-state index in [0.717, 1.165) is 27.8 Å². The minimum absolute atomic E-state index is 0.0921. The van der Waals surface area contributed by atoms with Gasteiger partial charge in [-0.2, -0.15) is 0 Å². The van der Waals surface area contributed by atoms with Crippen LogP contribution in [0.1, 0.15) is 16.7 Å². The molecule has 0 unspecified atom stereocenters. The maximum atomic E-state index is 14.0. The summed E-state index contributed by atoms with van der Waals surface area (Å²) in [6.45, 7) is 4.08. The Labute approximate surface area is 178 Å². The van der Waals surface area contributed by atoms with Crippen molar-refractivity contribution < 1.29 is 9.18 Å². The number of nitrogens with one attached hydrogen (secondary N) is 1.